The lowest BCUT2D eigenvalue weighted by Gasteiger charge is -2.44. The molecule has 1 saturated heterocycles. The van der Waals surface area contributed by atoms with Crippen LogP contribution in [0.25, 0.3) is 5.70 Å². The van der Waals surface area contributed by atoms with Crippen molar-refractivity contribution in [1.29, 1.82) is 0 Å². The molecule has 2 aromatic carbocycles. The fourth-order valence-corrected chi connectivity index (χ4v) is 4.70. The van der Waals surface area contributed by atoms with E-state index in [1.165, 1.54) is 40.9 Å². The van der Waals surface area contributed by atoms with Gasteiger partial charge in [-0.1, -0.05) is 35.9 Å². The van der Waals surface area contributed by atoms with E-state index in [2.05, 4.69) is 5.48 Å². The standard InChI is InChI=1S/C23H18ClF7N2O2S/c1-36-10-19(34)33-11-20(25,12-33)14-4-2-13(3-5-14)18-9-21(35-32-18,23(29,30)31)15-6-16(22(26,27)28)8-17(24)7-15/h2-9,32H,10-12H2,1H3. The molecule has 0 saturated carbocycles. The number of thioether (sulfide) groups is 1. The SMILES string of the molecule is CSCC(=O)N1CC(F)(c2ccc(C3=CC(c4cc(Cl)cc(C(F)(F)F)c4)(C(F)(F)F)ON3)cc2)C1. The van der Waals surface area contributed by atoms with Gasteiger partial charge in [0.05, 0.1) is 30.1 Å². The lowest BCUT2D eigenvalue weighted by Crippen LogP contribution is -2.59. The van der Waals surface area contributed by atoms with Crippen molar-refractivity contribution in [2.45, 2.75) is 23.6 Å². The zero-order valence-electron chi connectivity index (χ0n) is 18.4. The van der Waals surface area contributed by atoms with E-state index in [1.54, 1.807) is 6.26 Å². The van der Waals surface area contributed by atoms with Crippen LogP contribution in [0.15, 0.2) is 48.5 Å². The molecule has 4 nitrogen and oxygen atoms in total. The molecular weight excluding hydrogens is 537 g/mol. The van der Waals surface area contributed by atoms with E-state index in [4.69, 9.17) is 16.4 Å². The summed E-state index contributed by atoms with van der Waals surface area (Å²) in [7, 11) is 0. The Labute approximate surface area is 210 Å². The maximum Gasteiger partial charge on any atom is 0.428 e. The average molecular weight is 555 g/mol. The Hall–Kier alpha value is -2.44. The van der Waals surface area contributed by atoms with Crippen LogP contribution >= 0.6 is 23.4 Å². The highest BCUT2D eigenvalue weighted by molar-refractivity contribution is 7.99. The smallest absolute Gasteiger partial charge is 0.335 e. The molecule has 0 bridgehead atoms. The van der Waals surface area contributed by atoms with Gasteiger partial charge in [-0.15, -0.1) is 0 Å². The maximum atomic E-state index is 15.2. The van der Waals surface area contributed by atoms with E-state index >= 15 is 4.39 Å². The van der Waals surface area contributed by atoms with Crippen molar-refractivity contribution >= 4 is 35.0 Å². The molecule has 2 heterocycles. The minimum absolute atomic E-state index is 0.136. The molecule has 1 atom stereocenters. The Balaban J connectivity index is 1.63. The average Bonchev–Trinajstić information content (AvgIpc) is 3.23. The highest BCUT2D eigenvalue weighted by atomic mass is 35.5. The first-order chi connectivity index (χ1) is 16.7. The zero-order valence-corrected chi connectivity index (χ0v) is 20.0. The number of hydroxylamine groups is 1. The molecule has 0 spiro atoms. The first-order valence-electron chi connectivity index (χ1n) is 10.4. The molecule has 0 aliphatic carbocycles. The number of hydrogen-bond donors (Lipinski definition) is 1. The molecule has 194 valence electrons. The third-order valence-electron chi connectivity index (χ3n) is 5.96. The largest absolute Gasteiger partial charge is 0.428 e. The van der Waals surface area contributed by atoms with Gasteiger partial charge in [0.25, 0.3) is 0 Å². The Morgan fingerprint density at radius 1 is 1.08 bits per heavy atom. The topological polar surface area (TPSA) is 41.6 Å². The van der Waals surface area contributed by atoms with E-state index in [1.807, 2.05) is 0 Å². The summed E-state index contributed by atoms with van der Waals surface area (Å²) in [5.41, 5.74) is -4.87. The van der Waals surface area contributed by atoms with Gasteiger partial charge in [-0.05, 0) is 41.7 Å². The fourth-order valence-electron chi connectivity index (χ4n) is 4.03. The highest BCUT2D eigenvalue weighted by Gasteiger charge is 2.60. The minimum atomic E-state index is -5.16. The molecule has 2 aromatic rings. The van der Waals surface area contributed by atoms with Crippen LogP contribution in [-0.2, 0) is 27.1 Å². The number of alkyl halides is 7. The second-order valence-corrected chi connectivity index (χ2v) is 9.75. The number of rotatable bonds is 5. The Morgan fingerprint density at radius 2 is 1.72 bits per heavy atom. The van der Waals surface area contributed by atoms with Crippen LogP contribution in [0, 0.1) is 0 Å². The molecule has 1 fully saturated rings. The number of nitrogens with zero attached hydrogens (tertiary/aromatic N) is 1. The van der Waals surface area contributed by atoms with Crippen molar-refractivity contribution in [1.82, 2.24) is 10.4 Å². The van der Waals surface area contributed by atoms with Crippen molar-refractivity contribution in [3.63, 3.8) is 0 Å². The van der Waals surface area contributed by atoms with E-state index in [-0.39, 0.29) is 41.6 Å². The van der Waals surface area contributed by atoms with E-state index < -0.39 is 39.8 Å². The van der Waals surface area contributed by atoms with Gasteiger partial charge < -0.3 is 4.90 Å². The van der Waals surface area contributed by atoms with Crippen molar-refractivity contribution in [2.24, 2.45) is 0 Å². The van der Waals surface area contributed by atoms with Gasteiger partial charge in [0.2, 0.25) is 11.5 Å². The monoisotopic (exact) mass is 554 g/mol. The summed E-state index contributed by atoms with van der Waals surface area (Å²) in [4.78, 5) is 18.1. The Bertz CT molecular complexity index is 1190. The summed E-state index contributed by atoms with van der Waals surface area (Å²) in [5.74, 6) is 0.0374. The Kier molecular flexibility index (Phi) is 6.76. The molecule has 0 radical (unpaired) electrons. The predicted octanol–water partition coefficient (Wildman–Crippen LogP) is 6.06. The maximum absolute atomic E-state index is 15.2. The number of carbonyl (C=O) groups excluding carboxylic acids is 1. The molecular formula is C23H18ClF7N2O2S. The van der Waals surface area contributed by atoms with E-state index in [0.717, 1.165) is 6.07 Å². The van der Waals surface area contributed by atoms with Gasteiger partial charge in [0.1, 0.15) is 0 Å². The van der Waals surface area contributed by atoms with Crippen LogP contribution in [0.3, 0.4) is 0 Å². The normalized spacial score (nSPS) is 21.6. The minimum Gasteiger partial charge on any atom is -0.335 e. The highest BCUT2D eigenvalue weighted by Crippen LogP contribution is 2.49. The summed E-state index contributed by atoms with van der Waals surface area (Å²) in [6, 6.07) is 7.07. The van der Waals surface area contributed by atoms with Crippen LogP contribution < -0.4 is 5.48 Å². The molecule has 2 aliphatic rings. The summed E-state index contributed by atoms with van der Waals surface area (Å²) in [5, 5.41) is -0.544. The number of hydrogen-bond acceptors (Lipinski definition) is 4. The van der Waals surface area contributed by atoms with Crippen molar-refractivity contribution in [3.05, 3.63) is 75.8 Å². The van der Waals surface area contributed by atoms with Gasteiger partial charge in [-0.2, -0.15) is 38.1 Å². The number of amides is 1. The molecule has 4 rings (SSSR count). The van der Waals surface area contributed by atoms with Gasteiger partial charge in [0, 0.05) is 10.6 Å². The van der Waals surface area contributed by atoms with Gasteiger partial charge >= 0.3 is 12.4 Å². The van der Waals surface area contributed by atoms with Crippen LogP contribution in [-0.4, -0.2) is 42.1 Å². The molecule has 13 heteroatoms. The lowest BCUT2D eigenvalue weighted by atomic mass is 9.87. The van der Waals surface area contributed by atoms with E-state index in [0.29, 0.717) is 18.2 Å². The van der Waals surface area contributed by atoms with Crippen LogP contribution in [0.1, 0.15) is 22.3 Å². The number of likely N-dealkylation sites (tertiary alicyclic amines) is 1. The van der Waals surface area contributed by atoms with Gasteiger partial charge in [-0.25, -0.2) is 4.39 Å². The molecule has 1 N–H and O–H groups in total. The van der Waals surface area contributed by atoms with Crippen molar-refractivity contribution in [2.75, 3.05) is 25.1 Å². The second-order valence-electron chi connectivity index (χ2n) is 8.45. The summed E-state index contributed by atoms with van der Waals surface area (Å²) in [6.45, 7) is -0.271. The molecule has 1 unspecified atom stereocenters. The number of carbonyl (C=O) groups is 1. The third-order valence-corrected chi connectivity index (χ3v) is 6.72. The third kappa shape index (κ3) is 4.78. The Morgan fingerprint density at radius 3 is 2.28 bits per heavy atom. The summed E-state index contributed by atoms with van der Waals surface area (Å²) >= 11 is 7.02. The molecule has 1 amide bonds. The summed E-state index contributed by atoms with van der Waals surface area (Å²) in [6.07, 6.45) is -7.72. The van der Waals surface area contributed by atoms with Gasteiger partial charge in [0.15, 0.2) is 5.67 Å². The molecule has 2 aliphatic heterocycles. The quantitative estimate of drug-likeness (QED) is 0.456. The van der Waals surface area contributed by atoms with Crippen LogP contribution in [0.5, 0.6) is 0 Å². The first-order valence-corrected chi connectivity index (χ1v) is 12.1. The zero-order chi connectivity index (χ0) is 26.5. The van der Waals surface area contributed by atoms with Crippen LogP contribution in [0.2, 0.25) is 5.02 Å². The lowest BCUT2D eigenvalue weighted by molar-refractivity contribution is -0.269. The predicted molar refractivity (Wildman–Crippen MR) is 121 cm³/mol. The second kappa shape index (κ2) is 9.14. The summed E-state index contributed by atoms with van der Waals surface area (Å²) < 4.78 is 97.3. The first kappa shape index (κ1) is 26.6. The van der Waals surface area contributed by atoms with Crippen molar-refractivity contribution in [3.8, 4) is 0 Å². The van der Waals surface area contributed by atoms with E-state index in [9.17, 15) is 31.1 Å². The van der Waals surface area contributed by atoms with Gasteiger partial charge in [-0.3, -0.25) is 15.1 Å². The number of nitrogens with one attached hydrogen (secondary N) is 1. The number of benzene rings is 2. The fraction of sp³-hybridized carbons (Fsp3) is 0.348. The van der Waals surface area contributed by atoms with Crippen LogP contribution in [0.4, 0.5) is 30.7 Å². The molecule has 36 heavy (non-hydrogen) atoms. The number of halogens is 8. The molecule has 0 aromatic heterocycles. The van der Waals surface area contributed by atoms with Crippen molar-refractivity contribution < 1.29 is 40.4 Å².